The summed E-state index contributed by atoms with van der Waals surface area (Å²) in [4.78, 5) is 24.5. The molecule has 7 nitrogen and oxygen atoms in total. The fourth-order valence-corrected chi connectivity index (χ4v) is 3.24. The number of carbonyl (C=O) groups is 1. The van der Waals surface area contributed by atoms with Crippen LogP contribution in [-0.2, 0) is 10.5 Å². The molecule has 1 fully saturated rings. The Bertz CT molecular complexity index is 618. The van der Waals surface area contributed by atoms with E-state index in [1.54, 1.807) is 4.90 Å². The Morgan fingerprint density at radius 3 is 2.90 bits per heavy atom. The molecule has 112 valence electrons. The average Bonchev–Trinajstić information content (AvgIpc) is 2.71. The van der Waals surface area contributed by atoms with E-state index >= 15 is 0 Å². The van der Waals surface area contributed by atoms with Crippen LogP contribution < -0.4 is 5.32 Å². The van der Waals surface area contributed by atoms with Crippen molar-refractivity contribution < 1.29 is 14.8 Å². The number of fused-ring (bicyclic) bond motifs is 1. The van der Waals surface area contributed by atoms with Crippen molar-refractivity contribution in [2.45, 2.75) is 38.0 Å². The summed E-state index contributed by atoms with van der Waals surface area (Å²) < 4.78 is 0. The summed E-state index contributed by atoms with van der Waals surface area (Å²) in [6.07, 6.45) is 2.83. The predicted octanol–water partition coefficient (Wildman–Crippen LogP) is 1.57. The maximum Gasteiger partial charge on any atom is 0.276 e. The van der Waals surface area contributed by atoms with Crippen molar-refractivity contribution in [1.82, 2.24) is 4.90 Å². The summed E-state index contributed by atoms with van der Waals surface area (Å²) in [5.41, 5.74) is -1.24. The van der Waals surface area contributed by atoms with E-state index in [2.05, 4.69) is 5.32 Å². The van der Waals surface area contributed by atoms with Crippen LogP contribution in [0.5, 0.6) is 0 Å². The van der Waals surface area contributed by atoms with Gasteiger partial charge >= 0.3 is 0 Å². The lowest BCUT2D eigenvalue weighted by Crippen LogP contribution is -2.56. The van der Waals surface area contributed by atoms with E-state index in [0.29, 0.717) is 12.2 Å². The van der Waals surface area contributed by atoms with Gasteiger partial charge in [-0.25, -0.2) is 0 Å². The molecule has 1 aromatic carbocycles. The molecule has 3 rings (SSSR count). The summed E-state index contributed by atoms with van der Waals surface area (Å²) in [6, 6.07) is 4.12. The van der Waals surface area contributed by atoms with Crippen molar-refractivity contribution in [3.63, 3.8) is 0 Å². The molecule has 1 saturated heterocycles. The number of aliphatic hydroxyl groups is 1. The number of carbonyl (C=O) groups excluding carboxylic acids is 1. The standard InChI is InChI=1S/C14H17N3O4/c1-9-4-2-3-7-16(9)14(19)11-8-10(17(20)21)5-6-12(11)15-13(14)18/h5-6,8-9,19H,2-4,7H2,1H3,(H,15,18). The van der Waals surface area contributed by atoms with Gasteiger partial charge in [0.25, 0.3) is 11.6 Å². The number of anilines is 1. The Labute approximate surface area is 121 Å². The molecule has 7 heteroatoms. The van der Waals surface area contributed by atoms with Crippen LogP contribution in [0, 0.1) is 10.1 Å². The predicted molar refractivity (Wildman–Crippen MR) is 75.6 cm³/mol. The summed E-state index contributed by atoms with van der Waals surface area (Å²) in [7, 11) is 0. The summed E-state index contributed by atoms with van der Waals surface area (Å²) in [5, 5.41) is 24.6. The van der Waals surface area contributed by atoms with Gasteiger partial charge in [-0.1, -0.05) is 6.42 Å². The van der Waals surface area contributed by atoms with Crippen molar-refractivity contribution in [3.8, 4) is 0 Å². The molecule has 1 aromatic rings. The topological polar surface area (TPSA) is 95.7 Å². The largest absolute Gasteiger partial charge is 0.364 e. The highest BCUT2D eigenvalue weighted by molar-refractivity contribution is 6.04. The quantitative estimate of drug-likeness (QED) is 0.637. The zero-order chi connectivity index (χ0) is 15.2. The molecule has 2 aliphatic heterocycles. The molecule has 21 heavy (non-hydrogen) atoms. The summed E-state index contributed by atoms with van der Waals surface area (Å²) in [6.45, 7) is 2.55. The minimum absolute atomic E-state index is 0.0414. The van der Waals surface area contributed by atoms with Gasteiger partial charge < -0.3 is 10.4 Å². The van der Waals surface area contributed by atoms with E-state index in [4.69, 9.17) is 0 Å². The first-order valence-corrected chi connectivity index (χ1v) is 7.04. The lowest BCUT2D eigenvalue weighted by Gasteiger charge is -2.42. The van der Waals surface area contributed by atoms with E-state index < -0.39 is 16.6 Å². The van der Waals surface area contributed by atoms with Crippen LogP contribution in [0.1, 0.15) is 31.7 Å². The minimum Gasteiger partial charge on any atom is -0.364 e. The summed E-state index contributed by atoms with van der Waals surface area (Å²) >= 11 is 0. The first-order chi connectivity index (χ1) is 9.94. The molecule has 0 spiro atoms. The highest BCUT2D eigenvalue weighted by Crippen LogP contribution is 2.42. The van der Waals surface area contributed by atoms with Gasteiger partial charge in [0.15, 0.2) is 0 Å². The Hall–Kier alpha value is -1.99. The van der Waals surface area contributed by atoms with Crippen molar-refractivity contribution in [2.24, 2.45) is 0 Å². The second-order valence-corrected chi connectivity index (χ2v) is 5.65. The number of hydrogen-bond donors (Lipinski definition) is 2. The number of benzene rings is 1. The molecule has 2 N–H and O–H groups in total. The number of likely N-dealkylation sites (tertiary alicyclic amines) is 1. The third kappa shape index (κ3) is 2.00. The van der Waals surface area contributed by atoms with Gasteiger partial charge in [0.2, 0.25) is 5.72 Å². The summed E-state index contributed by atoms with van der Waals surface area (Å²) in [5.74, 6) is -0.535. The van der Waals surface area contributed by atoms with Crippen molar-refractivity contribution in [3.05, 3.63) is 33.9 Å². The van der Waals surface area contributed by atoms with Gasteiger partial charge in [-0.15, -0.1) is 0 Å². The lowest BCUT2D eigenvalue weighted by atomic mass is 9.95. The average molecular weight is 291 g/mol. The fourth-order valence-electron chi connectivity index (χ4n) is 3.24. The van der Waals surface area contributed by atoms with Crippen molar-refractivity contribution in [1.29, 1.82) is 0 Å². The molecule has 2 unspecified atom stereocenters. The number of nitro groups is 1. The number of nitro benzene ring substituents is 1. The van der Waals surface area contributed by atoms with Crippen LogP contribution >= 0.6 is 0 Å². The molecular formula is C14H17N3O4. The van der Waals surface area contributed by atoms with Crippen LogP contribution in [0.25, 0.3) is 0 Å². The zero-order valence-corrected chi connectivity index (χ0v) is 11.7. The number of rotatable bonds is 2. The van der Waals surface area contributed by atoms with Crippen LogP contribution in [0.4, 0.5) is 11.4 Å². The molecule has 0 radical (unpaired) electrons. The highest BCUT2D eigenvalue weighted by atomic mass is 16.6. The van der Waals surface area contributed by atoms with E-state index in [0.717, 1.165) is 19.3 Å². The number of nitrogens with one attached hydrogen (secondary N) is 1. The number of hydrogen-bond acceptors (Lipinski definition) is 5. The SMILES string of the molecule is CC1CCCCN1C1(O)C(=O)Nc2ccc([N+](=O)[O-])cc21. The second kappa shape index (κ2) is 4.78. The minimum atomic E-state index is -1.82. The molecule has 0 bridgehead atoms. The second-order valence-electron chi connectivity index (χ2n) is 5.65. The molecule has 0 saturated carbocycles. The number of non-ortho nitro benzene ring substituents is 1. The first kappa shape index (κ1) is 14.0. The smallest absolute Gasteiger partial charge is 0.276 e. The monoisotopic (exact) mass is 291 g/mol. The molecular weight excluding hydrogens is 274 g/mol. The van der Waals surface area contributed by atoms with Crippen LogP contribution in [0.2, 0.25) is 0 Å². The van der Waals surface area contributed by atoms with Crippen molar-refractivity contribution >= 4 is 17.3 Å². The molecule has 2 heterocycles. The van der Waals surface area contributed by atoms with Crippen molar-refractivity contribution in [2.75, 3.05) is 11.9 Å². The fraction of sp³-hybridized carbons (Fsp3) is 0.500. The first-order valence-electron chi connectivity index (χ1n) is 7.04. The van der Waals surface area contributed by atoms with Gasteiger partial charge in [-0.05, 0) is 25.8 Å². The number of amides is 1. The highest BCUT2D eigenvalue weighted by Gasteiger charge is 2.52. The van der Waals surface area contributed by atoms with Crippen LogP contribution in [0.3, 0.4) is 0 Å². The maximum absolute atomic E-state index is 12.3. The van der Waals surface area contributed by atoms with E-state index in [1.165, 1.54) is 18.2 Å². The number of nitrogens with zero attached hydrogens (tertiary/aromatic N) is 2. The third-order valence-electron chi connectivity index (χ3n) is 4.37. The number of piperidine rings is 1. The maximum atomic E-state index is 12.3. The van der Waals surface area contributed by atoms with Gasteiger partial charge in [0.05, 0.1) is 4.92 Å². The molecule has 1 amide bonds. The van der Waals surface area contributed by atoms with Gasteiger partial charge in [-0.2, -0.15) is 0 Å². The molecule has 0 aromatic heterocycles. The van der Waals surface area contributed by atoms with Gasteiger partial charge in [0, 0.05) is 36.0 Å². The van der Waals surface area contributed by atoms with Gasteiger partial charge in [-0.3, -0.25) is 19.8 Å². The molecule has 2 atom stereocenters. The van der Waals surface area contributed by atoms with E-state index in [1.807, 2.05) is 6.92 Å². The Morgan fingerprint density at radius 1 is 1.48 bits per heavy atom. The molecule has 2 aliphatic rings. The normalized spacial score (nSPS) is 29.0. The van der Waals surface area contributed by atoms with Crippen LogP contribution in [0.15, 0.2) is 18.2 Å². The third-order valence-corrected chi connectivity index (χ3v) is 4.37. The molecule has 0 aliphatic carbocycles. The lowest BCUT2D eigenvalue weighted by molar-refractivity contribution is -0.385. The van der Waals surface area contributed by atoms with Gasteiger partial charge in [0.1, 0.15) is 0 Å². The van der Waals surface area contributed by atoms with E-state index in [9.17, 15) is 20.0 Å². The Morgan fingerprint density at radius 2 is 2.24 bits per heavy atom. The van der Waals surface area contributed by atoms with Crippen LogP contribution in [-0.4, -0.2) is 33.4 Å². The Kier molecular flexibility index (Phi) is 3.18. The van der Waals surface area contributed by atoms with E-state index in [-0.39, 0.29) is 17.3 Å². The zero-order valence-electron chi connectivity index (χ0n) is 11.7. The Balaban J connectivity index is 2.09.